The first-order valence-electron chi connectivity index (χ1n) is 6.77. The Labute approximate surface area is 135 Å². The third-order valence-corrected chi connectivity index (χ3v) is 4.93. The van der Waals surface area contributed by atoms with Gasteiger partial charge in [-0.3, -0.25) is 0 Å². The number of hydrogen-bond donors (Lipinski definition) is 0. The molecule has 22 heavy (non-hydrogen) atoms. The number of fused-ring (bicyclic) bond motifs is 1. The van der Waals surface area contributed by atoms with Gasteiger partial charge in [-0.1, -0.05) is 11.2 Å². The normalized spacial score (nSPS) is 13.3. The minimum absolute atomic E-state index is 0.577. The SMILES string of the molecule is c1csc(-c2nc(CSc3ccc4c(c3)OCCO4)no2)c1. The summed E-state index contributed by atoms with van der Waals surface area (Å²) in [7, 11) is 0. The summed E-state index contributed by atoms with van der Waals surface area (Å²) in [5.41, 5.74) is 0. The molecule has 7 heteroatoms. The highest BCUT2D eigenvalue weighted by Gasteiger charge is 2.13. The van der Waals surface area contributed by atoms with E-state index in [1.165, 1.54) is 0 Å². The Morgan fingerprint density at radius 3 is 2.91 bits per heavy atom. The van der Waals surface area contributed by atoms with Crippen LogP contribution >= 0.6 is 23.1 Å². The largest absolute Gasteiger partial charge is 0.486 e. The summed E-state index contributed by atoms with van der Waals surface area (Å²) in [6.45, 7) is 1.20. The van der Waals surface area contributed by atoms with Crippen molar-refractivity contribution in [3.63, 3.8) is 0 Å². The number of thioether (sulfide) groups is 1. The molecule has 5 nitrogen and oxygen atoms in total. The van der Waals surface area contributed by atoms with Crippen LogP contribution in [0.15, 0.2) is 45.1 Å². The summed E-state index contributed by atoms with van der Waals surface area (Å²) in [5.74, 6) is 3.50. The number of hydrogen-bond acceptors (Lipinski definition) is 7. The van der Waals surface area contributed by atoms with Crippen LogP contribution in [0.3, 0.4) is 0 Å². The molecule has 0 amide bonds. The van der Waals surface area contributed by atoms with Crippen molar-refractivity contribution < 1.29 is 14.0 Å². The highest BCUT2D eigenvalue weighted by atomic mass is 32.2. The number of aromatic nitrogens is 2. The molecule has 3 heterocycles. The predicted molar refractivity (Wildman–Crippen MR) is 84.6 cm³/mol. The van der Waals surface area contributed by atoms with Crippen LogP contribution in [0.4, 0.5) is 0 Å². The zero-order valence-electron chi connectivity index (χ0n) is 11.5. The molecule has 1 aliphatic heterocycles. The highest BCUT2D eigenvalue weighted by molar-refractivity contribution is 7.98. The van der Waals surface area contributed by atoms with Gasteiger partial charge in [0, 0.05) is 4.90 Å². The molecule has 0 saturated heterocycles. The molecule has 0 atom stereocenters. The Hall–Kier alpha value is -1.99. The van der Waals surface area contributed by atoms with Crippen LogP contribution in [0.1, 0.15) is 5.82 Å². The van der Waals surface area contributed by atoms with E-state index in [2.05, 4.69) is 10.1 Å². The van der Waals surface area contributed by atoms with Crippen LogP contribution in [-0.2, 0) is 5.75 Å². The minimum Gasteiger partial charge on any atom is -0.486 e. The van der Waals surface area contributed by atoms with Gasteiger partial charge in [0.05, 0.1) is 10.6 Å². The maximum absolute atomic E-state index is 5.58. The van der Waals surface area contributed by atoms with E-state index in [1.54, 1.807) is 23.1 Å². The van der Waals surface area contributed by atoms with Crippen LogP contribution in [0.2, 0.25) is 0 Å². The predicted octanol–water partition coefficient (Wildman–Crippen LogP) is 3.86. The second-order valence-corrected chi connectivity index (χ2v) is 6.58. The third kappa shape index (κ3) is 2.82. The summed E-state index contributed by atoms with van der Waals surface area (Å²) in [5, 5.41) is 6.01. The first-order valence-corrected chi connectivity index (χ1v) is 8.64. The fourth-order valence-electron chi connectivity index (χ4n) is 2.07. The van der Waals surface area contributed by atoms with Gasteiger partial charge in [0.25, 0.3) is 5.89 Å². The topological polar surface area (TPSA) is 57.4 Å². The van der Waals surface area contributed by atoms with E-state index >= 15 is 0 Å². The van der Waals surface area contributed by atoms with E-state index in [1.807, 2.05) is 35.7 Å². The first kappa shape index (κ1) is 13.7. The lowest BCUT2D eigenvalue weighted by Gasteiger charge is -2.18. The monoisotopic (exact) mass is 332 g/mol. The van der Waals surface area contributed by atoms with Crippen LogP contribution in [0, 0.1) is 0 Å². The number of thiophene rings is 1. The van der Waals surface area contributed by atoms with Crippen molar-refractivity contribution in [2.75, 3.05) is 13.2 Å². The molecule has 3 aromatic rings. The zero-order chi connectivity index (χ0) is 14.8. The van der Waals surface area contributed by atoms with Gasteiger partial charge in [0.2, 0.25) is 0 Å². The van der Waals surface area contributed by atoms with Crippen molar-refractivity contribution in [2.45, 2.75) is 10.6 Å². The van der Waals surface area contributed by atoms with Crippen molar-refractivity contribution in [2.24, 2.45) is 0 Å². The lowest BCUT2D eigenvalue weighted by molar-refractivity contribution is 0.171. The van der Waals surface area contributed by atoms with E-state index < -0.39 is 0 Å². The van der Waals surface area contributed by atoms with E-state index in [-0.39, 0.29) is 0 Å². The summed E-state index contributed by atoms with van der Waals surface area (Å²) in [4.78, 5) is 6.49. The molecule has 0 saturated carbocycles. The van der Waals surface area contributed by atoms with E-state index in [0.29, 0.717) is 30.7 Å². The lowest BCUT2D eigenvalue weighted by Crippen LogP contribution is -2.15. The van der Waals surface area contributed by atoms with E-state index in [9.17, 15) is 0 Å². The Balaban J connectivity index is 1.44. The summed E-state index contributed by atoms with van der Waals surface area (Å²) in [6, 6.07) is 9.87. The number of rotatable bonds is 4. The van der Waals surface area contributed by atoms with Crippen molar-refractivity contribution in [1.82, 2.24) is 10.1 Å². The Morgan fingerprint density at radius 1 is 1.14 bits per heavy atom. The number of benzene rings is 1. The molecule has 0 unspecified atom stereocenters. The van der Waals surface area contributed by atoms with Gasteiger partial charge in [-0.15, -0.1) is 23.1 Å². The maximum Gasteiger partial charge on any atom is 0.268 e. The van der Waals surface area contributed by atoms with Gasteiger partial charge in [0.1, 0.15) is 13.2 Å². The molecule has 0 N–H and O–H groups in total. The zero-order valence-corrected chi connectivity index (χ0v) is 13.2. The molecule has 0 bridgehead atoms. The average Bonchev–Trinajstić information content (AvgIpc) is 3.24. The second kappa shape index (κ2) is 6.02. The standard InChI is InChI=1S/C15H12N2O3S2/c1-2-13(21-7-1)15-16-14(17-20-15)9-22-10-3-4-11-12(8-10)19-6-5-18-11/h1-4,7-8H,5-6,9H2. The van der Waals surface area contributed by atoms with Crippen molar-refractivity contribution in [3.05, 3.63) is 41.5 Å². The smallest absolute Gasteiger partial charge is 0.268 e. The average molecular weight is 332 g/mol. The minimum atomic E-state index is 0.577. The van der Waals surface area contributed by atoms with E-state index in [4.69, 9.17) is 14.0 Å². The third-order valence-electron chi connectivity index (χ3n) is 3.08. The molecular weight excluding hydrogens is 320 g/mol. The van der Waals surface area contributed by atoms with Crippen molar-refractivity contribution in [1.29, 1.82) is 0 Å². The van der Waals surface area contributed by atoms with Gasteiger partial charge in [-0.25, -0.2) is 0 Å². The molecule has 1 aromatic carbocycles. The van der Waals surface area contributed by atoms with Crippen molar-refractivity contribution in [3.8, 4) is 22.3 Å². The second-order valence-electron chi connectivity index (χ2n) is 4.59. The van der Waals surface area contributed by atoms with E-state index in [0.717, 1.165) is 21.3 Å². The molecule has 0 spiro atoms. The molecule has 4 rings (SSSR count). The quantitative estimate of drug-likeness (QED) is 0.676. The molecule has 0 radical (unpaired) electrons. The van der Waals surface area contributed by atoms with Crippen LogP contribution in [0.5, 0.6) is 11.5 Å². The van der Waals surface area contributed by atoms with Gasteiger partial charge in [-0.2, -0.15) is 4.98 Å². The fourth-order valence-corrected chi connectivity index (χ4v) is 3.49. The van der Waals surface area contributed by atoms with Crippen LogP contribution < -0.4 is 9.47 Å². The summed E-state index contributed by atoms with van der Waals surface area (Å²) >= 11 is 3.23. The summed E-state index contributed by atoms with van der Waals surface area (Å²) in [6.07, 6.45) is 0. The van der Waals surface area contributed by atoms with Gasteiger partial charge < -0.3 is 14.0 Å². The Bertz CT molecular complexity index is 771. The van der Waals surface area contributed by atoms with Crippen molar-refractivity contribution >= 4 is 23.1 Å². The number of ether oxygens (including phenoxy) is 2. The fraction of sp³-hybridized carbons (Fsp3) is 0.200. The maximum atomic E-state index is 5.58. The molecular formula is C15H12N2O3S2. The number of nitrogens with zero attached hydrogens (tertiary/aromatic N) is 2. The summed E-state index contributed by atoms with van der Waals surface area (Å²) < 4.78 is 16.4. The Kier molecular flexibility index (Phi) is 3.74. The highest BCUT2D eigenvalue weighted by Crippen LogP contribution is 2.35. The molecule has 0 fully saturated rings. The van der Waals surface area contributed by atoms with Crippen LogP contribution in [-0.4, -0.2) is 23.4 Å². The molecule has 1 aliphatic rings. The van der Waals surface area contributed by atoms with Crippen LogP contribution in [0.25, 0.3) is 10.8 Å². The molecule has 0 aliphatic carbocycles. The van der Waals surface area contributed by atoms with Gasteiger partial charge in [0.15, 0.2) is 17.3 Å². The van der Waals surface area contributed by atoms with Gasteiger partial charge >= 0.3 is 0 Å². The molecule has 2 aromatic heterocycles. The first-order chi connectivity index (χ1) is 10.9. The van der Waals surface area contributed by atoms with Gasteiger partial charge in [-0.05, 0) is 29.6 Å². The molecule has 112 valence electrons. The Morgan fingerprint density at radius 2 is 2.05 bits per heavy atom. The lowest BCUT2D eigenvalue weighted by atomic mass is 10.3.